The number of hydrogen-bond acceptors (Lipinski definition) is 3. The molecule has 1 aromatic carbocycles. The number of rotatable bonds is 2. The first-order valence-corrected chi connectivity index (χ1v) is 5.86. The van der Waals surface area contributed by atoms with Crippen molar-refractivity contribution in [1.29, 1.82) is 0 Å². The lowest BCUT2D eigenvalue weighted by Crippen LogP contribution is -2.20. The van der Waals surface area contributed by atoms with Crippen molar-refractivity contribution in [1.82, 2.24) is 0 Å². The van der Waals surface area contributed by atoms with Gasteiger partial charge in [-0.25, -0.2) is 0 Å². The summed E-state index contributed by atoms with van der Waals surface area (Å²) >= 11 is 0. The number of ether oxygens (including phenoxy) is 2. The average molecular weight is 234 g/mol. The van der Waals surface area contributed by atoms with Gasteiger partial charge in [0.2, 0.25) is 0 Å². The minimum Gasteiger partial charge on any atom is -0.346 e. The molecule has 1 aromatic rings. The molecule has 3 nitrogen and oxygen atoms in total. The maximum atomic E-state index is 12.2. The fourth-order valence-electron chi connectivity index (χ4n) is 1.81. The number of carbonyl (C=O) groups is 1. The van der Waals surface area contributed by atoms with E-state index in [1.807, 2.05) is 45.0 Å². The minimum atomic E-state index is -0.365. The van der Waals surface area contributed by atoms with Gasteiger partial charge < -0.3 is 9.47 Å². The maximum Gasteiger partial charge on any atom is 0.184 e. The van der Waals surface area contributed by atoms with E-state index in [-0.39, 0.29) is 17.5 Å². The molecule has 0 aliphatic carbocycles. The Bertz CT molecular complexity index is 412. The second kappa shape index (κ2) is 4.59. The Hall–Kier alpha value is -1.19. The standard InChI is InChI=1S/C14H18O3/c1-14(2,3)12(15)10-5-4-6-11(9-10)13-16-7-8-17-13/h4-6,9,13H,7-8H2,1-3H3. The third-order valence-corrected chi connectivity index (χ3v) is 2.72. The smallest absolute Gasteiger partial charge is 0.184 e. The molecule has 1 aliphatic rings. The van der Waals surface area contributed by atoms with E-state index >= 15 is 0 Å². The largest absolute Gasteiger partial charge is 0.346 e. The highest BCUT2D eigenvalue weighted by Gasteiger charge is 2.24. The molecule has 17 heavy (non-hydrogen) atoms. The number of carbonyl (C=O) groups excluding carboxylic acids is 1. The molecule has 3 heteroatoms. The van der Waals surface area contributed by atoms with E-state index in [4.69, 9.17) is 9.47 Å². The summed E-state index contributed by atoms with van der Waals surface area (Å²) in [4.78, 5) is 12.2. The van der Waals surface area contributed by atoms with Crippen LogP contribution in [0.4, 0.5) is 0 Å². The third-order valence-electron chi connectivity index (χ3n) is 2.72. The van der Waals surface area contributed by atoms with Crippen LogP contribution in [-0.2, 0) is 9.47 Å². The Balaban J connectivity index is 2.25. The minimum absolute atomic E-state index is 0.136. The van der Waals surface area contributed by atoms with E-state index in [1.165, 1.54) is 0 Å². The van der Waals surface area contributed by atoms with E-state index in [0.717, 1.165) is 5.56 Å². The molecule has 0 aromatic heterocycles. The zero-order valence-electron chi connectivity index (χ0n) is 10.5. The highest BCUT2D eigenvalue weighted by atomic mass is 16.7. The lowest BCUT2D eigenvalue weighted by atomic mass is 9.86. The van der Waals surface area contributed by atoms with Crippen LogP contribution in [-0.4, -0.2) is 19.0 Å². The summed E-state index contributed by atoms with van der Waals surface area (Å²) < 4.78 is 10.9. The zero-order chi connectivity index (χ0) is 12.5. The summed E-state index contributed by atoms with van der Waals surface area (Å²) in [7, 11) is 0. The maximum absolute atomic E-state index is 12.2. The molecule has 92 valence electrons. The quantitative estimate of drug-likeness (QED) is 0.738. The van der Waals surface area contributed by atoms with Crippen LogP contribution in [0, 0.1) is 5.41 Å². The van der Waals surface area contributed by atoms with Crippen LogP contribution in [0.1, 0.15) is 43.0 Å². The van der Waals surface area contributed by atoms with Gasteiger partial charge in [0.05, 0.1) is 13.2 Å². The van der Waals surface area contributed by atoms with Gasteiger partial charge in [-0.15, -0.1) is 0 Å². The summed E-state index contributed by atoms with van der Waals surface area (Å²) in [5.74, 6) is 0.136. The van der Waals surface area contributed by atoms with Crippen LogP contribution in [0.15, 0.2) is 24.3 Å². The van der Waals surface area contributed by atoms with Gasteiger partial charge in [-0.05, 0) is 6.07 Å². The molecule has 1 fully saturated rings. The van der Waals surface area contributed by atoms with Crippen molar-refractivity contribution in [2.75, 3.05) is 13.2 Å². The van der Waals surface area contributed by atoms with Gasteiger partial charge >= 0.3 is 0 Å². The van der Waals surface area contributed by atoms with Crippen molar-refractivity contribution >= 4 is 5.78 Å². The van der Waals surface area contributed by atoms with Gasteiger partial charge in [0.15, 0.2) is 12.1 Å². The summed E-state index contributed by atoms with van der Waals surface area (Å²) in [6.45, 7) is 6.99. The van der Waals surface area contributed by atoms with Gasteiger partial charge in [-0.3, -0.25) is 4.79 Å². The molecule has 0 radical (unpaired) electrons. The van der Waals surface area contributed by atoms with E-state index in [1.54, 1.807) is 0 Å². The highest BCUT2D eigenvalue weighted by Crippen LogP contribution is 2.26. The van der Waals surface area contributed by atoms with Crippen LogP contribution in [0.5, 0.6) is 0 Å². The van der Waals surface area contributed by atoms with Gasteiger partial charge in [-0.1, -0.05) is 39.0 Å². The third kappa shape index (κ3) is 2.73. The molecule has 0 N–H and O–H groups in total. The molecule has 0 saturated carbocycles. The number of Topliss-reactive ketones (excluding diaryl/α,β-unsaturated/α-hetero) is 1. The first-order chi connectivity index (χ1) is 7.98. The first-order valence-electron chi connectivity index (χ1n) is 5.86. The molecule has 0 amide bonds. The van der Waals surface area contributed by atoms with Crippen LogP contribution in [0.3, 0.4) is 0 Å². The summed E-state index contributed by atoms with van der Waals surface area (Å²) in [6.07, 6.45) is -0.317. The molecular weight excluding hydrogens is 216 g/mol. The molecule has 1 saturated heterocycles. The summed E-state index contributed by atoms with van der Waals surface area (Å²) in [6, 6.07) is 7.50. The van der Waals surface area contributed by atoms with E-state index in [9.17, 15) is 4.79 Å². The predicted molar refractivity (Wildman–Crippen MR) is 64.9 cm³/mol. The number of ketones is 1. The molecule has 0 atom stereocenters. The van der Waals surface area contributed by atoms with E-state index in [0.29, 0.717) is 18.8 Å². The topological polar surface area (TPSA) is 35.5 Å². The van der Waals surface area contributed by atoms with Gasteiger partial charge in [-0.2, -0.15) is 0 Å². The van der Waals surface area contributed by atoms with Crippen molar-refractivity contribution in [3.05, 3.63) is 35.4 Å². The summed E-state index contributed by atoms with van der Waals surface area (Å²) in [5.41, 5.74) is 1.27. The monoisotopic (exact) mass is 234 g/mol. The van der Waals surface area contributed by atoms with Crippen molar-refractivity contribution in [3.8, 4) is 0 Å². The molecule has 0 bridgehead atoms. The Morgan fingerprint density at radius 2 is 1.88 bits per heavy atom. The SMILES string of the molecule is CC(C)(C)C(=O)c1cccc(C2OCCO2)c1. The van der Waals surface area contributed by atoms with Crippen molar-refractivity contribution in [3.63, 3.8) is 0 Å². The fraction of sp³-hybridized carbons (Fsp3) is 0.500. The molecule has 1 aliphatic heterocycles. The summed E-state index contributed by atoms with van der Waals surface area (Å²) in [5, 5.41) is 0. The lowest BCUT2D eigenvalue weighted by molar-refractivity contribution is -0.0441. The van der Waals surface area contributed by atoms with Crippen molar-refractivity contribution in [2.45, 2.75) is 27.1 Å². The number of benzene rings is 1. The zero-order valence-corrected chi connectivity index (χ0v) is 10.5. The van der Waals surface area contributed by atoms with E-state index in [2.05, 4.69) is 0 Å². The van der Waals surface area contributed by atoms with Crippen LogP contribution < -0.4 is 0 Å². The Kier molecular flexibility index (Phi) is 3.31. The Labute approximate surface area is 102 Å². The Morgan fingerprint density at radius 3 is 2.47 bits per heavy atom. The van der Waals surface area contributed by atoms with Crippen molar-refractivity contribution < 1.29 is 14.3 Å². The normalized spacial score (nSPS) is 17.4. The van der Waals surface area contributed by atoms with Gasteiger partial charge in [0, 0.05) is 16.5 Å². The van der Waals surface area contributed by atoms with Gasteiger partial charge in [0.25, 0.3) is 0 Å². The molecular formula is C14H18O3. The van der Waals surface area contributed by atoms with Crippen LogP contribution >= 0.6 is 0 Å². The second-order valence-corrected chi connectivity index (χ2v) is 5.28. The van der Waals surface area contributed by atoms with E-state index < -0.39 is 0 Å². The second-order valence-electron chi connectivity index (χ2n) is 5.28. The van der Waals surface area contributed by atoms with Crippen molar-refractivity contribution in [2.24, 2.45) is 5.41 Å². The predicted octanol–water partition coefficient (Wildman–Crippen LogP) is 2.96. The molecule has 2 rings (SSSR count). The fourth-order valence-corrected chi connectivity index (χ4v) is 1.81. The molecule has 1 heterocycles. The molecule has 0 unspecified atom stereocenters. The number of hydrogen-bond donors (Lipinski definition) is 0. The highest BCUT2D eigenvalue weighted by molar-refractivity contribution is 5.99. The lowest BCUT2D eigenvalue weighted by Gasteiger charge is -2.17. The van der Waals surface area contributed by atoms with Gasteiger partial charge in [0.1, 0.15) is 0 Å². The molecule has 0 spiro atoms. The first kappa shape index (κ1) is 12.3. The Morgan fingerprint density at radius 1 is 1.24 bits per heavy atom. The van der Waals surface area contributed by atoms with Crippen LogP contribution in [0.25, 0.3) is 0 Å². The average Bonchev–Trinajstić information content (AvgIpc) is 2.80. The van der Waals surface area contributed by atoms with Crippen LogP contribution in [0.2, 0.25) is 0 Å².